The van der Waals surface area contributed by atoms with Crippen LogP contribution in [0.3, 0.4) is 0 Å². The minimum atomic E-state index is -0.757. The average Bonchev–Trinajstić information content (AvgIpc) is 2.17. The highest BCUT2D eigenvalue weighted by Crippen LogP contribution is 1.94. The molecule has 0 unspecified atom stereocenters. The summed E-state index contributed by atoms with van der Waals surface area (Å²) in [4.78, 5) is 22.3. The number of fused-ring (bicyclic) bond motifs is 1. The molecule has 0 spiro atoms. The Kier molecular flexibility index (Phi) is 1.81. The lowest BCUT2D eigenvalue weighted by Gasteiger charge is -2.05. The Morgan fingerprint density at radius 1 is 1.50 bits per heavy atom. The van der Waals surface area contributed by atoms with Crippen LogP contribution in [-0.2, 0) is 9.59 Å². The Morgan fingerprint density at radius 2 is 2.29 bits per heavy atom. The first-order chi connectivity index (χ1) is 6.70. The Morgan fingerprint density at radius 3 is 3.00 bits per heavy atom. The van der Waals surface area contributed by atoms with Gasteiger partial charge in [-0.05, 0) is 12.1 Å². The largest absolute Gasteiger partial charge is 0.365 e. The molecule has 0 bridgehead atoms. The summed E-state index contributed by atoms with van der Waals surface area (Å²) in [5.41, 5.74) is 5.02. The van der Waals surface area contributed by atoms with Gasteiger partial charge < -0.3 is 5.73 Å². The van der Waals surface area contributed by atoms with Crippen LogP contribution in [0.4, 0.5) is 0 Å². The highest BCUT2D eigenvalue weighted by Gasteiger charge is 2.19. The molecule has 4 heteroatoms. The van der Waals surface area contributed by atoms with E-state index in [9.17, 15) is 9.59 Å². The van der Waals surface area contributed by atoms with Gasteiger partial charge in [-0.1, -0.05) is 12.1 Å². The number of hydrogen-bond acceptors (Lipinski definition) is 2. The van der Waals surface area contributed by atoms with Crippen molar-refractivity contribution in [1.82, 2.24) is 5.32 Å². The van der Waals surface area contributed by atoms with Gasteiger partial charge in [0, 0.05) is 16.6 Å². The van der Waals surface area contributed by atoms with Crippen molar-refractivity contribution in [3.05, 3.63) is 34.7 Å². The molecule has 2 radical (unpaired) electrons. The molecule has 0 fully saturated rings. The molecule has 4 nitrogen and oxygen atoms in total. The molecule has 1 heterocycles. The number of hydrogen-bond donors (Lipinski definition) is 1. The number of nitrogens with two attached hydrogens (primary N) is 1. The van der Waals surface area contributed by atoms with Crippen LogP contribution >= 0.6 is 0 Å². The molecule has 1 aliphatic rings. The van der Waals surface area contributed by atoms with Crippen LogP contribution in [0.1, 0.15) is 0 Å². The van der Waals surface area contributed by atoms with E-state index in [-0.39, 0.29) is 5.57 Å². The van der Waals surface area contributed by atoms with E-state index in [1.165, 1.54) is 6.20 Å². The van der Waals surface area contributed by atoms with E-state index in [2.05, 4.69) is 11.4 Å². The van der Waals surface area contributed by atoms with Gasteiger partial charge in [0.1, 0.15) is 5.57 Å². The fourth-order valence-corrected chi connectivity index (χ4v) is 1.32. The van der Waals surface area contributed by atoms with Crippen molar-refractivity contribution >= 4 is 23.6 Å². The van der Waals surface area contributed by atoms with Crippen LogP contribution in [0.25, 0.3) is 11.8 Å². The quantitative estimate of drug-likeness (QED) is 0.551. The van der Waals surface area contributed by atoms with Gasteiger partial charge in [-0.15, -0.1) is 0 Å². The third kappa shape index (κ3) is 1.17. The molecule has 0 aliphatic carbocycles. The smallest absolute Gasteiger partial charge is 0.283 e. The van der Waals surface area contributed by atoms with E-state index in [1.807, 2.05) is 0 Å². The van der Waals surface area contributed by atoms with Gasteiger partial charge in [0.25, 0.3) is 11.8 Å². The van der Waals surface area contributed by atoms with Gasteiger partial charge in [-0.2, -0.15) is 0 Å². The fourth-order valence-electron chi connectivity index (χ4n) is 1.32. The van der Waals surface area contributed by atoms with Gasteiger partial charge in [0.2, 0.25) is 0 Å². The van der Waals surface area contributed by atoms with E-state index in [1.54, 1.807) is 18.2 Å². The second kappa shape index (κ2) is 2.99. The zero-order chi connectivity index (χ0) is 10.1. The average molecular weight is 186 g/mol. The second-order valence-corrected chi connectivity index (χ2v) is 2.82. The van der Waals surface area contributed by atoms with Crippen molar-refractivity contribution in [2.24, 2.45) is 5.73 Å². The third-order valence-electron chi connectivity index (χ3n) is 1.95. The zero-order valence-corrected chi connectivity index (χ0v) is 7.15. The molecule has 0 atom stereocenters. The van der Waals surface area contributed by atoms with Crippen molar-refractivity contribution in [1.29, 1.82) is 0 Å². The molecule has 0 aromatic heterocycles. The minimum absolute atomic E-state index is 0.0700. The Labute approximate surface area is 79.7 Å². The Balaban J connectivity index is 2.92. The molecule has 68 valence electrons. The van der Waals surface area contributed by atoms with Crippen LogP contribution in [-0.4, -0.2) is 11.8 Å². The standard InChI is InChI=1S/C10H6N2O2/c11-9(13)8-7-4-2-1-3-6(7)5-12-10(8)14/h1,3-5H,(H2,11,13). The number of amides is 2. The summed E-state index contributed by atoms with van der Waals surface area (Å²) < 4.78 is 0. The van der Waals surface area contributed by atoms with Crippen molar-refractivity contribution in [2.75, 3.05) is 0 Å². The molecule has 2 rings (SSSR count). The third-order valence-corrected chi connectivity index (χ3v) is 1.95. The van der Waals surface area contributed by atoms with E-state index in [0.29, 0.717) is 10.4 Å². The summed E-state index contributed by atoms with van der Waals surface area (Å²) in [5, 5.41) is 4.76. The normalized spacial score (nSPS) is 14.0. The van der Waals surface area contributed by atoms with Crippen molar-refractivity contribution < 1.29 is 9.59 Å². The summed E-state index contributed by atoms with van der Waals surface area (Å²) >= 11 is 0. The van der Waals surface area contributed by atoms with Crippen LogP contribution in [0.5, 0.6) is 0 Å². The van der Waals surface area contributed by atoms with Crippen LogP contribution < -0.4 is 21.5 Å². The lowest BCUT2D eigenvalue weighted by Crippen LogP contribution is -2.41. The Hall–Kier alpha value is -2.10. The molecule has 1 aromatic rings. The predicted molar refractivity (Wildman–Crippen MR) is 48.7 cm³/mol. The molecule has 1 aromatic carbocycles. The summed E-state index contributed by atoms with van der Waals surface area (Å²) in [5.74, 6) is -1.35. The predicted octanol–water partition coefficient (Wildman–Crippen LogP) is -1.99. The number of nitrogens with zero attached hydrogens (tertiary/aromatic N) is 1. The van der Waals surface area contributed by atoms with Crippen LogP contribution in [0, 0.1) is 6.07 Å². The zero-order valence-electron chi connectivity index (χ0n) is 7.15. The van der Waals surface area contributed by atoms with Gasteiger partial charge >= 0.3 is 0 Å². The molecule has 14 heavy (non-hydrogen) atoms. The Bertz CT molecular complexity index is 531. The van der Waals surface area contributed by atoms with Crippen LogP contribution in [0.15, 0.2) is 18.2 Å². The maximum absolute atomic E-state index is 11.2. The lowest BCUT2D eigenvalue weighted by atomic mass is 10.1. The van der Waals surface area contributed by atoms with Crippen molar-refractivity contribution in [3.8, 4) is 0 Å². The van der Waals surface area contributed by atoms with Gasteiger partial charge in [-0.3, -0.25) is 9.59 Å². The highest BCUT2D eigenvalue weighted by molar-refractivity contribution is 6.40. The topological polar surface area (TPSA) is 74.3 Å². The molecule has 2 amide bonds. The molecular weight excluding hydrogens is 180 g/mol. The van der Waals surface area contributed by atoms with E-state index in [0.717, 1.165) is 0 Å². The first kappa shape index (κ1) is 8.50. The van der Waals surface area contributed by atoms with E-state index >= 15 is 0 Å². The van der Waals surface area contributed by atoms with Gasteiger partial charge in [0.15, 0.2) is 0 Å². The molecule has 1 aliphatic heterocycles. The van der Waals surface area contributed by atoms with Crippen LogP contribution in [0.2, 0.25) is 0 Å². The molecule has 0 saturated heterocycles. The number of benzene rings is 1. The summed E-state index contributed by atoms with van der Waals surface area (Å²) in [7, 11) is 0. The number of carbonyl (C=O) groups is 2. The first-order valence-electron chi connectivity index (χ1n) is 3.96. The second-order valence-electron chi connectivity index (χ2n) is 2.82. The summed E-state index contributed by atoms with van der Waals surface area (Å²) in [6.45, 7) is 0. The minimum Gasteiger partial charge on any atom is -0.365 e. The van der Waals surface area contributed by atoms with Crippen molar-refractivity contribution in [2.45, 2.75) is 0 Å². The maximum atomic E-state index is 11.2. The first-order valence-corrected chi connectivity index (χ1v) is 3.96. The molecule has 0 saturated carbocycles. The lowest BCUT2D eigenvalue weighted by molar-refractivity contribution is -0.118. The number of primary amides is 1. The summed E-state index contributed by atoms with van der Waals surface area (Å²) in [6.07, 6.45) is 1.41. The monoisotopic (exact) mass is 186 g/mol. The summed E-state index contributed by atoms with van der Waals surface area (Å²) in [6, 6.07) is 7.73. The maximum Gasteiger partial charge on any atom is 0.283 e. The van der Waals surface area contributed by atoms with Gasteiger partial charge in [0.05, 0.1) is 0 Å². The molecule has 2 N–H and O–H groups in total. The molecular formula is C10H6N2O2. The number of carbonyl (C=O) groups excluding carboxylic acids is 2. The number of rotatable bonds is 1. The van der Waals surface area contributed by atoms with Gasteiger partial charge in [-0.25, -0.2) is 5.32 Å². The van der Waals surface area contributed by atoms with E-state index in [4.69, 9.17) is 5.73 Å². The van der Waals surface area contributed by atoms with E-state index < -0.39 is 11.8 Å². The van der Waals surface area contributed by atoms with Crippen molar-refractivity contribution in [3.63, 3.8) is 0 Å². The highest BCUT2D eigenvalue weighted by atomic mass is 16.2. The SMILES string of the molecule is NC(=O)C1=c2c[c]ccc2=C[N]C1=O. The fraction of sp³-hybridized carbons (Fsp3) is 0.